The number of halogens is 1. The largest absolute Gasteiger partial charge is 0.494 e. The molecule has 1 aliphatic heterocycles. The van der Waals surface area contributed by atoms with E-state index in [4.69, 9.17) is 14.6 Å². The number of para-hydroxylation sites is 1. The number of ether oxygens (including phenoxy) is 2. The van der Waals surface area contributed by atoms with E-state index >= 15 is 0 Å². The molecule has 1 fully saturated rings. The van der Waals surface area contributed by atoms with Gasteiger partial charge in [-0.05, 0) is 43.2 Å². The maximum atomic E-state index is 14.4. The molecule has 1 atom stereocenters. The fourth-order valence-corrected chi connectivity index (χ4v) is 3.94. The Labute approximate surface area is 177 Å². The third-order valence-corrected chi connectivity index (χ3v) is 5.65. The van der Waals surface area contributed by atoms with E-state index < -0.39 is 0 Å². The quantitative estimate of drug-likeness (QED) is 0.596. The van der Waals surface area contributed by atoms with E-state index in [1.807, 2.05) is 28.9 Å². The van der Waals surface area contributed by atoms with E-state index in [1.165, 1.54) is 13.2 Å². The van der Waals surface area contributed by atoms with E-state index in [9.17, 15) is 4.39 Å². The van der Waals surface area contributed by atoms with Gasteiger partial charge < -0.3 is 9.47 Å². The van der Waals surface area contributed by atoms with Crippen molar-refractivity contribution >= 4 is 0 Å². The van der Waals surface area contributed by atoms with Gasteiger partial charge in [-0.2, -0.15) is 5.10 Å². The van der Waals surface area contributed by atoms with E-state index in [0.29, 0.717) is 0 Å². The van der Waals surface area contributed by atoms with Crippen molar-refractivity contribution in [2.45, 2.75) is 32.9 Å². The summed E-state index contributed by atoms with van der Waals surface area (Å²) in [6, 6.07) is 13.2. The predicted molar refractivity (Wildman–Crippen MR) is 116 cm³/mol. The zero-order valence-corrected chi connectivity index (χ0v) is 17.8. The van der Waals surface area contributed by atoms with Crippen LogP contribution in [0.5, 0.6) is 5.75 Å². The average Bonchev–Trinajstić information content (AvgIpc) is 3.17. The Balaban J connectivity index is 1.73. The van der Waals surface area contributed by atoms with Gasteiger partial charge in [-0.1, -0.05) is 25.1 Å². The molecule has 0 bridgehead atoms. The highest BCUT2D eigenvalue weighted by atomic mass is 19.1. The molecule has 6 heteroatoms. The lowest BCUT2D eigenvalue weighted by Crippen LogP contribution is -2.41. The molecule has 0 spiro atoms. The molecule has 0 saturated carbocycles. The lowest BCUT2D eigenvalue weighted by Gasteiger charge is -2.32. The van der Waals surface area contributed by atoms with Crippen molar-refractivity contribution in [3.8, 4) is 22.7 Å². The minimum atomic E-state index is -0.385. The molecule has 30 heavy (non-hydrogen) atoms. The molecule has 1 saturated heterocycles. The molecule has 1 aliphatic rings. The Bertz CT molecular complexity index is 1020. The molecule has 0 N–H and O–H groups in total. The van der Waals surface area contributed by atoms with Crippen LogP contribution in [0.2, 0.25) is 0 Å². The molecule has 4 rings (SSSR count). The molecule has 158 valence electrons. The van der Waals surface area contributed by atoms with E-state index in [1.54, 1.807) is 6.07 Å². The van der Waals surface area contributed by atoms with Crippen LogP contribution in [0.25, 0.3) is 16.9 Å². The molecule has 0 aliphatic carbocycles. The molecule has 3 aromatic rings. The topological polar surface area (TPSA) is 39.5 Å². The molecular weight excluding hydrogens is 381 g/mol. The smallest absolute Gasteiger partial charge is 0.165 e. The van der Waals surface area contributed by atoms with Gasteiger partial charge in [0.15, 0.2) is 11.6 Å². The summed E-state index contributed by atoms with van der Waals surface area (Å²) < 4.78 is 27.2. The lowest BCUT2D eigenvalue weighted by molar-refractivity contribution is -0.0324. The Morgan fingerprint density at radius 2 is 2.07 bits per heavy atom. The molecule has 1 aromatic heterocycles. The van der Waals surface area contributed by atoms with Gasteiger partial charge in [-0.25, -0.2) is 9.07 Å². The first-order valence-electron chi connectivity index (χ1n) is 10.4. The van der Waals surface area contributed by atoms with E-state index in [-0.39, 0.29) is 17.7 Å². The number of hydrogen-bond acceptors (Lipinski definition) is 4. The van der Waals surface area contributed by atoms with Crippen molar-refractivity contribution in [3.05, 3.63) is 65.6 Å². The van der Waals surface area contributed by atoms with E-state index in [2.05, 4.69) is 31.0 Å². The number of morpholine rings is 1. The number of methoxy groups -OCH3 is 1. The van der Waals surface area contributed by atoms with Gasteiger partial charge in [-0.15, -0.1) is 0 Å². The molecule has 5 nitrogen and oxygen atoms in total. The Morgan fingerprint density at radius 1 is 1.23 bits per heavy atom. The number of benzene rings is 2. The Kier molecular flexibility index (Phi) is 6.16. The fraction of sp³-hybridized carbons (Fsp3) is 0.375. The normalized spacial score (nSPS) is 17.3. The van der Waals surface area contributed by atoms with E-state index in [0.717, 1.165) is 60.7 Å². The minimum Gasteiger partial charge on any atom is -0.494 e. The van der Waals surface area contributed by atoms with Gasteiger partial charge in [0.25, 0.3) is 0 Å². The highest BCUT2D eigenvalue weighted by molar-refractivity contribution is 5.64. The lowest BCUT2D eigenvalue weighted by atomic mass is 10.1. The summed E-state index contributed by atoms with van der Waals surface area (Å²) in [4.78, 5) is 2.39. The third-order valence-electron chi connectivity index (χ3n) is 5.65. The number of rotatable bonds is 6. The summed E-state index contributed by atoms with van der Waals surface area (Å²) >= 11 is 0. The molecular formula is C24H28FN3O2. The van der Waals surface area contributed by atoms with Gasteiger partial charge in [0.05, 0.1) is 31.2 Å². The summed E-state index contributed by atoms with van der Waals surface area (Å²) in [7, 11) is 1.47. The second kappa shape index (κ2) is 8.98. The second-order valence-corrected chi connectivity index (χ2v) is 7.72. The highest BCUT2D eigenvalue weighted by Gasteiger charge is 2.22. The number of aromatic nitrogens is 2. The standard InChI is InChI=1S/C24H28FN3O2/c1-4-20-16-27(11-12-30-20)14-19-15-28(22-8-6-5-7-17(22)2)26-24(19)18-9-10-23(29-3)21(25)13-18/h5-10,13,15,20H,4,11-12,14,16H2,1-3H3/t20-/m0/s1. The van der Waals surface area contributed by atoms with Crippen LogP contribution < -0.4 is 4.74 Å². The van der Waals surface area contributed by atoms with Gasteiger partial charge in [0.1, 0.15) is 0 Å². The summed E-state index contributed by atoms with van der Waals surface area (Å²) in [6.45, 7) is 7.46. The van der Waals surface area contributed by atoms with Crippen LogP contribution in [0.15, 0.2) is 48.7 Å². The zero-order valence-electron chi connectivity index (χ0n) is 17.8. The first-order chi connectivity index (χ1) is 14.6. The highest BCUT2D eigenvalue weighted by Crippen LogP contribution is 2.29. The molecule has 0 radical (unpaired) electrons. The summed E-state index contributed by atoms with van der Waals surface area (Å²) in [5.41, 5.74) is 4.76. The maximum Gasteiger partial charge on any atom is 0.165 e. The van der Waals surface area contributed by atoms with Gasteiger partial charge >= 0.3 is 0 Å². The average molecular weight is 410 g/mol. The molecule has 2 heterocycles. The maximum absolute atomic E-state index is 14.4. The Hall–Kier alpha value is -2.70. The van der Waals surface area contributed by atoms with Crippen molar-refractivity contribution in [2.75, 3.05) is 26.8 Å². The predicted octanol–water partition coefficient (Wildman–Crippen LogP) is 4.61. The van der Waals surface area contributed by atoms with Crippen LogP contribution in [-0.4, -0.2) is 47.6 Å². The van der Waals surface area contributed by atoms with Crippen LogP contribution in [0.4, 0.5) is 4.39 Å². The van der Waals surface area contributed by atoms with Crippen LogP contribution >= 0.6 is 0 Å². The fourth-order valence-electron chi connectivity index (χ4n) is 3.94. The SMILES string of the molecule is CC[C@H]1CN(Cc2cn(-c3ccccc3C)nc2-c2ccc(OC)c(F)c2)CCO1. The van der Waals surface area contributed by atoms with Crippen LogP contribution in [0.3, 0.4) is 0 Å². The van der Waals surface area contributed by atoms with Crippen molar-refractivity contribution in [2.24, 2.45) is 0 Å². The van der Waals surface area contributed by atoms with Gasteiger partial charge in [-0.3, -0.25) is 4.90 Å². The summed E-state index contributed by atoms with van der Waals surface area (Å²) in [5, 5.41) is 4.86. The first-order valence-corrected chi connectivity index (χ1v) is 10.4. The summed E-state index contributed by atoms with van der Waals surface area (Å²) in [6.07, 6.45) is 3.32. The Morgan fingerprint density at radius 3 is 2.80 bits per heavy atom. The monoisotopic (exact) mass is 409 g/mol. The van der Waals surface area contributed by atoms with Gasteiger partial charge in [0.2, 0.25) is 0 Å². The molecule has 2 aromatic carbocycles. The number of hydrogen-bond donors (Lipinski definition) is 0. The minimum absolute atomic E-state index is 0.234. The van der Waals surface area contributed by atoms with Crippen LogP contribution in [-0.2, 0) is 11.3 Å². The number of nitrogens with zero attached hydrogens (tertiary/aromatic N) is 3. The first kappa shape index (κ1) is 20.6. The molecule has 0 unspecified atom stereocenters. The zero-order chi connectivity index (χ0) is 21.1. The summed E-state index contributed by atoms with van der Waals surface area (Å²) in [5.74, 6) is -0.151. The van der Waals surface area contributed by atoms with Crippen molar-refractivity contribution in [3.63, 3.8) is 0 Å². The van der Waals surface area contributed by atoms with Crippen molar-refractivity contribution in [1.82, 2.24) is 14.7 Å². The number of aryl methyl sites for hydroxylation is 1. The van der Waals surface area contributed by atoms with Crippen molar-refractivity contribution in [1.29, 1.82) is 0 Å². The second-order valence-electron chi connectivity index (χ2n) is 7.72. The van der Waals surface area contributed by atoms with Crippen molar-refractivity contribution < 1.29 is 13.9 Å². The molecule has 0 amide bonds. The van der Waals surface area contributed by atoms with Gasteiger partial charge in [0, 0.05) is 37.0 Å². The third kappa shape index (κ3) is 4.25. The van der Waals surface area contributed by atoms with Crippen LogP contribution in [0.1, 0.15) is 24.5 Å². The van der Waals surface area contributed by atoms with Crippen LogP contribution in [0, 0.1) is 12.7 Å².